The van der Waals surface area contributed by atoms with Crippen molar-refractivity contribution in [1.29, 1.82) is 0 Å². The Bertz CT molecular complexity index is 879. The minimum Gasteiger partial charge on any atom is -0.507 e. The fraction of sp³-hybridized carbons (Fsp3) is 0.250. The minimum absolute atomic E-state index is 0.0376. The van der Waals surface area contributed by atoms with Gasteiger partial charge in [0, 0.05) is 31.6 Å². The highest BCUT2D eigenvalue weighted by molar-refractivity contribution is 6.46. The standard InChI is InChI=1S/C20H20N2O5/c1-26-11-10-22-17(13-6-8-21-9-7-13)16(19(24)20(22)25)18(23)14-4-3-5-15(12-14)27-2/h3-9,12,17,23H,10-11H2,1-2H3/b18-16-/t17-/m1/s1. The van der Waals surface area contributed by atoms with Gasteiger partial charge in [-0.15, -0.1) is 0 Å². The molecule has 0 radical (unpaired) electrons. The van der Waals surface area contributed by atoms with Crippen LogP contribution in [0.2, 0.25) is 0 Å². The van der Waals surface area contributed by atoms with Crippen LogP contribution < -0.4 is 4.74 Å². The van der Waals surface area contributed by atoms with Crippen molar-refractivity contribution in [3.05, 3.63) is 65.5 Å². The zero-order valence-electron chi connectivity index (χ0n) is 15.1. The lowest BCUT2D eigenvalue weighted by Gasteiger charge is -2.24. The Morgan fingerprint density at radius 3 is 2.59 bits per heavy atom. The van der Waals surface area contributed by atoms with E-state index < -0.39 is 17.7 Å². The molecule has 1 amide bonds. The number of amides is 1. The zero-order chi connectivity index (χ0) is 19.4. The molecule has 1 saturated heterocycles. The zero-order valence-corrected chi connectivity index (χ0v) is 15.1. The second-order valence-corrected chi connectivity index (χ2v) is 6.00. The normalized spacial score (nSPS) is 18.7. The van der Waals surface area contributed by atoms with Crippen LogP contribution in [0.5, 0.6) is 5.75 Å². The average molecular weight is 368 g/mol. The SMILES string of the molecule is COCCN1C(=O)C(=O)/C(=C(\O)c2cccc(OC)c2)[C@H]1c1ccncc1. The van der Waals surface area contributed by atoms with Gasteiger partial charge in [-0.3, -0.25) is 14.6 Å². The summed E-state index contributed by atoms with van der Waals surface area (Å²) in [5.74, 6) is -1.10. The Labute approximate surface area is 156 Å². The van der Waals surface area contributed by atoms with E-state index in [4.69, 9.17) is 9.47 Å². The lowest BCUT2D eigenvalue weighted by Crippen LogP contribution is -2.32. The summed E-state index contributed by atoms with van der Waals surface area (Å²) < 4.78 is 10.3. The first-order valence-electron chi connectivity index (χ1n) is 8.40. The molecule has 0 aliphatic carbocycles. The molecule has 7 heteroatoms. The number of methoxy groups -OCH3 is 2. The molecule has 27 heavy (non-hydrogen) atoms. The van der Waals surface area contributed by atoms with Crippen LogP contribution in [0.1, 0.15) is 17.2 Å². The molecule has 1 fully saturated rings. The number of ketones is 1. The van der Waals surface area contributed by atoms with E-state index in [1.165, 1.54) is 19.1 Å². The maximum atomic E-state index is 12.7. The second kappa shape index (κ2) is 8.01. The molecule has 0 unspecified atom stereocenters. The number of pyridine rings is 1. The van der Waals surface area contributed by atoms with Gasteiger partial charge in [0.2, 0.25) is 0 Å². The molecule has 7 nitrogen and oxygen atoms in total. The van der Waals surface area contributed by atoms with Crippen molar-refractivity contribution in [2.24, 2.45) is 0 Å². The summed E-state index contributed by atoms with van der Waals surface area (Å²) in [4.78, 5) is 30.7. The van der Waals surface area contributed by atoms with Gasteiger partial charge >= 0.3 is 0 Å². The number of Topliss-reactive ketones (excluding diaryl/α,β-unsaturated/α-hetero) is 1. The van der Waals surface area contributed by atoms with Crippen molar-refractivity contribution in [1.82, 2.24) is 9.88 Å². The molecule has 140 valence electrons. The Hall–Kier alpha value is -3.19. The molecule has 1 aliphatic rings. The highest BCUT2D eigenvalue weighted by Crippen LogP contribution is 2.39. The number of hydrogen-bond acceptors (Lipinski definition) is 6. The fourth-order valence-corrected chi connectivity index (χ4v) is 3.12. The first-order valence-corrected chi connectivity index (χ1v) is 8.40. The third kappa shape index (κ3) is 3.54. The Kier molecular flexibility index (Phi) is 5.52. The third-order valence-corrected chi connectivity index (χ3v) is 4.44. The monoisotopic (exact) mass is 368 g/mol. The van der Waals surface area contributed by atoms with Crippen LogP contribution >= 0.6 is 0 Å². The van der Waals surface area contributed by atoms with Crippen molar-refractivity contribution in [3.8, 4) is 5.75 Å². The number of aliphatic hydroxyl groups excluding tert-OH is 1. The Balaban J connectivity index is 2.15. The van der Waals surface area contributed by atoms with E-state index in [1.807, 2.05) is 0 Å². The molecule has 0 saturated carbocycles. The van der Waals surface area contributed by atoms with Gasteiger partial charge in [0.1, 0.15) is 11.5 Å². The van der Waals surface area contributed by atoms with Crippen LogP contribution in [-0.4, -0.2) is 54.1 Å². The van der Waals surface area contributed by atoms with E-state index in [-0.39, 0.29) is 24.5 Å². The lowest BCUT2D eigenvalue weighted by atomic mass is 9.96. The molecule has 0 bridgehead atoms. The third-order valence-electron chi connectivity index (χ3n) is 4.44. The Morgan fingerprint density at radius 1 is 1.19 bits per heavy atom. The summed E-state index contributed by atoms with van der Waals surface area (Å²) in [5, 5.41) is 10.9. The number of hydrogen-bond donors (Lipinski definition) is 1. The van der Waals surface area contributed by atoms with E-state index in [0.717, 1.165) is 0 Å². The molecule has 1 N–H and O–H groups in total. The van der Waals surface area contributed by atoms with Crippen LogP contribution in [0.4, 0.5) is 0 Å². The average Bonchev–Trinajstić information content (AvgIpc) is 2.97. The molecule has 3 rings (SSSR count). The summed E-state index contributed by atoms with van der Waals surface area (Å²) >= 11 is 0. The van der Waals surface area contributed by atoms with Gasteiger partial charge in [0.15, 0.2) is 0 Å². The molecule has 1 aliphatic heterocycles. The number of rotatable bonds is 6. The first-order chi connectivity index (χ1) is 13.1. The molecule has 0 spiro atoms. The molecule has 1 aromatic heterocycles. The molecule has 2 heterocycles. The van der Waals surface area contributed by atoms with E-state index in [2.05, 4.69) is 4.98 Å². The van der Waals surface area contributed by atoms with Crippen LogP contribution in [0.3, 0.4) is 0 Å². The van der Waals surface area contributed by atoms with Gasteiger partial charge in [-0.1, -0.05) is 12.1 Å². The number of carbonyl (C=O) groups is 2. The molecular weight excluding hydrogens is 348 g/mol. The van der Waals surface area contributed by atoms with Crippen LogP contribution in [0, 0.1) is 0 Å². The van der Waals surface area contributed by atoms with Gasteiger partial charge < -0.3 is 19.5 Å². The van der Waals surface area contributed by atoms with Gasteiger partial charge in [0.05, 0.1) is 25.3 Å². The number of ether oxygens (including phenoxy) is 2. The largest absolute Gasteiger partial charge is 0.507 e. The lowest BCUT2D eigenvalue weighted by molar-refractivity contribution is -0.140. The number of carbonyl (C=O) groups excluding carboxylic acids is 2. The fourth-order valence-electron chi connectivity index (χ4n) is 3.12. The molecule has 2 aromatic rings. The summed E-state index contributed by atoms with van der Waals surface area (Å²) in [5.41, 5.74) is 1.12. The topological polar surface area (TPSA) is 89.0 Å². The molecular formula is C20H20N2O5. The van der Waals surface area contributed by atoms with Crippen LogP contribution in [0.25, 0.3) is 5.76 Å². The molecule has 1 aromatic carbocycles. The van der Waals surface area contributed by atoms with Crippen molar-refractivity contribution in [2.75, 3.05) is 27.4 Å². The Morgan fingerprint density at radius 2 is 1.93 bits per heavy atom. The maximum Gasteiger partial charge on any atom is 0.295 e. The van der Waals surface area contributed by atoms with Crippen molar-refractivity contribution in [2.45, 2.75) is 6.04 Å². The number of benzene rings is 1. The molecule has 1 atom stereocenters. The van der Waals surface area contributed by atoms with Gasteiger partial charge in [-0.05, 0) is 29.8 Å². The van der Waals surface area contributed by atoms with Gasteiger partial charge in [-0.25, -0.2) is 0 Å². The van der Waals surface area contributed by atoms with Gasteiger partial charge in [0.25, 0.3) is 11.7 Å². The highest BCUT2D eigenvalue weighted by Gasteiger charge is 2.45. The second-order valence-electron chi connectivity index (χ2n) is 6.00. The van der Waals surface area contributed by atoms with Crippen molar-refractivity contribution in [3.63, 3.8) is 0 Å². The smallest absolute Gasteiger partial charge is 0.295 e. The number of aliphatic hydroxyl groups is 1. The van der Waals surface area contributed by atoms with E-state index in [0.29, 0.717) is 16.9 Å². The highest BCUT2D eigenvalue weighted by atomic mass is 16.5. The quantitative estimate of drug-likeness (QED) is 0.477. The van der Waals surface area contributed by atoms with E-state index in [9.17, 15) is 14.7 Å². The van der Waals surface area contributed by atoms with Gasteiger partial charge in [-0.2, -0.15) is 0 Å². The maximum absolute atomic E-state index is 12.7. The van der Waals surface area contributed by atoms with E-state index in [1.54, 1.807) is 48.8 Å². The van der Waals surface area contributed by atoms with Crippen LogP contribution in [0.15, 0.2) is 54.4 Å². The predicted molar refractivity (Wildman–Crippen MR) is 98.1 cm³/mol. The number of likely N-dealkylation sites (tertiary alicyclic amines) is 1. The minimum atomic E-state index is -0.728. The predicted octanol–water partition coefficient (Wildman–Crippen LogP) is 2.16. The van der Waals surface area contributed by atoms with Crippen LogP contribution in [-0.2, 0) is 14.3 Å². The first kappa shape index (κ1) is 18.6. The van der Waals surface area contributed by atoms with Crippen molar-refractivity contribution < 1.29 is 24.2 Å². The summed E-state index contributed by atoms with van der Waals surface area (Å²) in [6.45, 7) is 0.497. The summed E-state index contributed by atoms with van der Waals surface area (Å²) in [6, 6.07) is 9.43. The summed E-state index contributed by atoms with van der Waals surface area (Å²) in [7, 11) is 3.04. The van der Waals surface area contributed by atoms with E-state index >= 15 is 0 Å². The number of nitrogens with zero attached hydrogens (tertiary/aromatic N) is 2. The summed E-state index contributed by atoms with van der Waals surface area (Å²) in [6.07, 6.45) is 3.16. The number of aromatic nitrogens is 1. The van der Waals surface area contributed by atoms with Crippen molar-refractivity contribution >= 4 is 17.4 Å².